The van der Waals surface area contributed by atoms with Crippen molar-refractivity contribution in [1.82, 2.24) is 4.90 Å². The maximum Gasteiger partial charge on any atom is 0.410 e. The van der Waals surface area contributed by atoms with Gasteiger partial charge in [0.1, 0.15) is 6.10 Å². The molecule has 0 spiro atoms. The predicted octanol–water partition coefficient (Wildman–Crippen LogP) is 4.79. The minimum Gasteiger partial charge on any atom is -0.442 e. The second-order valence-corrected chi connectivity index (χ2v) is 6.44. The Balaban J connectivity index is 2.25. The van der Waals surface area contributed by atoms with Crippen LogP contribution in [0.5, 0.6) is 0 Å². The Bertz CT molecular complexity index is 489. The Morgan fingerprint density at radius 1 is 1.08 bits per heavy atom. The topological polar surface area (TPSA) is 38.8 Å². The van der Waals surface area contributed by atoms with Gasteiger partial charge in [0.2, 0.25) is 0 Å². The highest BCUT2D eigenvalue weighted by Gasteiger charge is 2.22. The summed E-state index contributed by atoms with van der Waals surface area (Å²) in [6.45, 7) is 11.1. The molecular formula is C20H31NO3. The zero-order chi connectivity index (χ0) is 17.9. The van der Waals surface area contributed by atoms with Gasteiger partial charge in [-0.25, -0.2) is 4.79 Å². The van der Waals surface area contributed by atoms with Crippen LogP contribution in [0.1, 0.15) is 46.6 Å². The lowest BCUT2D eigenvalue weighted by atomic mass is 10.2. The zero-order valence-electron chi connectivity index (χ0n) is 15.6. The summed E-state index contributed by atoms with van der Waals surface area (Å²) in [4.78, 5) is 13.9. The molecule has 0 fully saturated rings. The molecule has 1 atom stereocenters. The van der Waals surface area contributed by atoms with Gasteiger partial charge in [0.25, 0.3) is 0 Å². The molecule has 1 aromatic carbocycles. The lowest BCUT2D eigenvalue weighted by Gasteiger charge is -2.30. The van der Waals surface area contributed by atoms with Crippen molar-refractivity contribution in [1.29, 1.82) is 0 Å². The number of ether oxygens (including phenoxy) is 2. The number of hydrogen-bond acceptors (Lipinski definition) is 3. The molecule has 0 bridgehead atoms. The van der Waals surface area contributed by atoms with E-state index in [0.717, 1.165) is 6.42 Å². The van der Waals surface area contributed by atoms with Crippen LogP contribution in [0.25, 0.3) is 0 Å². The van der Waals surface area contributed by atoms with Crippen LogP contribution in [0.4, 0.5) is 4.79 Å². The maximum absolute atomic E-state index is 12.2. The lowest BCUT2D eigenvalue weighted by molar-refractivity contribution is 0.0652. The predicted molar refractivity (Wildman–Crippen MR) is 97.9 cm³/mol. The molecule has 0 aliphatic rings. The molecule has 0 aromatic heterocycles. The highest BCUT2D eigenvalue weighted by molar-refractivity contribution is 5.68. The number of benzene rings is 1. The first-order chi connectivity index (χ1) is 11.4. The van der Waals surface area contributed by atoms with Crippen LogP contribution in [0.3, 0.4) is 0 Å². The fourth-order valence-corrected chi connectivity index (χ4v) is 2.48. The van der Waals surface area contributed by atoms with E-state index in [1.807, 2.05) is 77.1 Å². The van der Waals surface area contributed by atoms with Gasteiger partial charge in [-0.05, 0) is 52.7 Å². The number of nitrogens with zero attached hydrogens (tertiary/aromatic N) is 1. The van der Waals surface area contributed by atoms with Crippen LogP contribution in [0, 0.1) is 0 Å². The fourth-order valence-electron chi connectivity index (χ4n) is 2.48. The van der Waals surface area contributed by atoms with Crippen LogP contribution < -0.4 is 0 Å². The van der Waals surface area contributed by atoms with E-state index in [2.05, 4.69) is 0 Å². The molecule has 0 heterocycles. The van der Waals surface area contributed by atoms with Crippen molar-refractivity contribution >= 4 is 6.09 Å². The third-order valence-electron chi connectivity index (χ3n) is 3.56. The molecule has 4 nitrogen and oxygen atoms in total. The molecule has 1 amide bonds. The van der Waals surface area contributed by atoms with Gasteiger partial charge in [-0.3, -0.25) is 0 Å². The van der Waals surface area contributed by atoms with E-state index in [1.54, 1.807) is 4.90 Å². The minimum absolute atomic E-state index is 0.125. The lowest BCUT2D eigenvalue weighted by Crippen LogP contribution is -2.43. The molecule has 4 heteroatoms. The van der Waals surface area contributed by atoms with Crippen molar-refractivity contribution in [2.45, 2.75) is 65.8 Å². The molecule has 1 aromatic rings. The molecular weight excluding hydrogens is 302 g/mol. The van der Waals surface area contributed by atoms with Crippen molar-refractivity contribution in [2.24, 2.45) is 0 Å². The van der Waals surface area contributed by atoms with E-state index >= 15 is 0 Å². The second kappa shape index (κ2) is 10.9. The Kier molecular flexibility index (Phi) is 9.16. The maximum atomic E-state index is 12.2. The van der Waals surface area contributed by atoms with Gasteiger partial charge >= 0.3 is 6.09 Å². The largest absolute Gasteiger partial charge is 0.442 e. The zero-order valence-corrected chi connectivity index (χ0v) is 15.6. The van der Waals surface area contributed by atoms with Gasteiger partial charge in [0.15, 0.2) is 0 Å². The smallest absolute Gasteiger partial charge is 0.410 e. The van der Waals surface area contributed by atoms with Crippen molar-refractivity contribution in [3.05, 3.63) is 48.0 Å². The average Bonchev–Trinajstić information content (AvgIpc) is 2.50. The van der Waals surface area contributed by atoms with Crippen LogP contribution in [-0.4, -0.2) is 35.8 Å². The van der Waals surface area contributed by atoms with Crippen LogP contribution in [-0.2, 0) is 16.1 Å². The molecule has 0 saturated carbocycles. The molecule has 0 aliphatic heterocycles. The summed E-state index contributed by atoms with van der Waals surface area (Å²) in [6.07, 6.45) is 4.19. The monoisotopic (exact) mass is 333 g/mol. The third kappa shape index (κ3) is 7.64. The normalized spacial score (nSPS) is 12.8. The first-order valence-electron chi connectivity index (χ1n) is 8.69. The first-order valence-corrected chi connectivity index (χ1v) is 8.69. The van der Waals surface area contributed by atoms with Gasteiger partial charge in [-0.1, -0.05) is 36.4 Å². The summed E-state index contributed by atoms with van der Waals surface area (Å²) in [6, 6.07) is 10.4. The number of hydrogen-bond donors (Lipinski definition) is 0. The van der Waals surface area contributed by atoms with Crippen LogP contribution in [0.15, 0.2) is 42.5 Å². The van der Waals surface area contributed by atoms with E-state index in [9.17, 15) is 4.79 Å². The summed E-state index contributed by atoms with van der Waals surface area (Å²) >= 11 is 0. The fraction of sp³-hybridized carbons (Fsp3) is 0.550. The summed E-state index contributed by atoms with van der Waals surface area (Å²) in [5.41, 5.74) is 1.17. The second-order valence-electron chi connectivity index (χ2n) is 6.44. The number of carbonyl (C=O) groups excluding carboxylic acids is 1. The summed E-state index contributed by atoms with van der Waals surface area (Å²) in [7, 11) is 0. The highest BCUT2D eigenvalue weighted by Crippen LogP contribution is 2.09. The van der Waals surface area contributed by atoms with Gasteiger partial charge in [-0.2, -0.15) is 0 Å². The first kappa shape index (κ1) is 20.2. The average molecular weight is 333 g/mol. The Labute approximate surface area is 146 Å². The van der Waals surface area contributed by atoms with Gasteiger partial charge < -0.3 is 14.4 Å². The molecule has 24 heavy (non-hydrogen) atoms. The standard InChI is InChI=1S/C20H31NO3/c1-16(2)21(17(3)4)20(22)24-18(5)11-9-10-14-23-15-19-12-7-6-8-13-19/h6-9,11-13,16-18H,10,14-15H2,1-5H3/b11-9+/t18-/m1/s1. The quantitative estimate of drug-likeness (QED) is 0.481. The number of rotatable bonds is 9. The highest BCUT2D eigenvalue weighted by atomic mass is 16.6. The Morgan fingerprint density at radius 2 is 1.71 bits per heavy atom. The summed E-state index contributed by atoms with van der Waals surface area (Å²) in [5.74, 6) is 0. The van der Waals surface area contributed by atoms with Crippen molar-refractivity contribution in [3.8, 4) is 0 Å². The van der Waals surface area contributed by atoms with Crippen molar-refractivity contribution in [3.63, 3.8) is 0 Å². The molecule has 0 N–H and O–H groups in total. The SMILES string of the molecule is CC(C)N(C(=O)O[C@H](C)/C=C/CCOCc1ccccc1)C(C)C. The van der Waals surface area contributed by atoms with Crippen LogP contribution >= 0.6 is 0 Å². The van der Waals surface area contributed by atoms with Crippen LogP contribution in [0.2, 0.25) is 0 Å². The van der Waals surface area contributed by atoms with E-state index in [1.165, 1.54) is 5.56 Å². The molecule has 0 saturated heterocycles. The van der Waals surface area contributed by atoms with E-state index in [-0.39, 0.29) is 24.3 Å². The molecule has 0 unspecified atom stereocenters. The third-order valence-corrected chi connectivity index (χ3v) is 3.56. The summed E-state index contributed by atoms with van der Waals surface area (Å²) in [5, 5.41) is 0. The van der Waals surface area contributed by atoms with E-state index in [0.29, 0.717) is 13.2 Å². The van der Waals surface area contributed by atoms with E-state index in [4.69, 9.17) is 9.47 Å². The summed E-state index contributed by atoms with van der Waals surface area (Å²) < 4.78 is 11.1. The molecule has 134 valence electrons. The molecule has 0 aliphatic carbocycles. The van der Waals surface area contributed by atoms with Crippen molar-refractivity contribution in [2.75, 3.05) is 6.61 Å². The Hall–Kier alpha value is -1.81. The van der Waals surface area contributed by atoms with Gasteiger partial charge in [-0.15, -0.1) is 0 Å². The van der Waals surface area contributed by atoms with E-state index < -0.39 is 0 Å². The van der Waals surface area contributed by atoms with Gasteiger partial charge in [0, 0.05) is 12.1 Å². The number of carbonyl (C=O) groups is 1. The van der Waals surface area contributed by atoms with Gasteiger partial charge in [0.05, 0.1) is 13.2 Å². The minimum atomic E-state index is -0.266. The molecule has 1 rings (SSSR count). The molecule has 0 radical (unpaired) electrons. The Morgan fingerprint density at radius 3 is 2.29 bits per heavy atom. The van der Waals surface area contributed by atoms with Crippen molar-refractivity contribution < 1.29 is 14.3 Å². The number of amides is 1.